The molecule has 0 fully saturated rings. The van der Waals surface area contributed by atoms with Gasteiger partial charge in [0.1, 0.15) is 0 Å². The normalized spacial score (nSPS) is 9.76. The van der Waals surface area contributed by atoms with E-state index in [0.717, 1.165) is 0 Å². The van der Waals surface area contributed by atoms with Gasteiger partial charge in [0.2, 0.25) is 0 Å². The van der Waals surface area contributed by atoms with Crippen LogP contribution < -0.4 is 0 Å². The fraction of sp³-hybridized carbons (Fsp3) is 0.368. The van der Waals surface area contributed by atoms with Crippen LogP contribution in [0.15, 0.2) is 243 Å². The predicted octanol–water partition coefficient (Wildman–Crippen LogP) is 25.8. The van der Waals surface area contributed by atoms with Crippen molar-refractivity contribution in [3.05, 3.63) is 287 Å². The van der Waals surface area contributed by atoms with Gasteiger partial charge >= 0.3 is 24.7 Å². The van der Waals surface area contributed by atoms with Gasteiger partial charge in [0.05, 0.1) is 0 Å². The van der Waals surface area contributed by atoms with E-state index in [4.69, 9.17) is 0 Å². The minimum Gasteiger partial charge on any atom is -0.388 e. The number of benzene rings is 8. The lowest BCUT2D eigenvalue weighted by Gasteiger charge is -2.29. The maximum Gasteiger partial charge on any atom is 0.402 e. The number of ether oxygens (including phenoxy) is 2. The summed E-state index contributed by atoms with van der Waals surface area (Å²) in [5.74, 6) is 0. The van der Waals surface area contributed by atoms with E-state index in [9.17, 15) is 52.7 Å². The van der Waals surface area contributed by atoms with Crippen molar-refractivity contribution < 1.29 is 62.2 Å². The van der Waals surface area contributed by atoms with Crippen LogP contribution in [-0.4, -0.2) is 53.1 Å². The lowest BCUT2D eigenvalue weighted by Crippen LogP contribution is -2.44. The average molecular weight is 1280 g/mol. The first-order valence-corrected chi connectivity index (χ1v) is 29.2. The first-order chi connectivity index (χ1) is 42.0. The molecule has 506 valence electrons. The maximum atomic E-state index is 11.6. The molecule has 0 N–H and O–H groups in total. The van der Waals surface area contributed by atoms with Gasteiger partial charge in [0.25, 0.3) is 0 Å². The van der Waals surface area contributed by atoms with Gasteiger partial charge < -0.3 is 9.47 Å². The molecule has 0 aliphatic rings. The Kier molecular flexibility index (Phi) is 63.7. The molecular formula is C76H106F12O2. The minimum atomic E-state index is -5.24. The Morgan fingerprint density at radius 1 is 0.189 bits per heavy atom. The number of aryl methyl sites for hydroxylation is 8. The summed E-state index contributed by atoms with van der Waals surface area (Å²) >= 11 is 0. The molecule has 0 aromatic heterocycles. The fourth-order valence-corrected chi connectivity index (χ4v) is 4.51. The van der Waals surface area contributed by atoms with Gasteiger partial charge in [-0.25, -0.2) is 0 Å². The number of rotatable bonds is 0. The molecule has 0 saturated carbocycles. The van der Waals surface area contributed by atoms with Crippen LogP contribution >= 0.6 is 0 Å². The van der Waals surface area contributed by atoms with Gasteiger partial charge in [-0.1, -0.05) is 284 Å². The molecule has 8 aromatic carbocycles. The van der Waals surface area contributed by atoms with E-state index in [0.29, 0.717) is 0 Å². The number of methoxy groups -OCH3 is 2. The van der Waals surface area contributed by atoms with Gasteiger partial charge in [-0.15, -0.1) is 0 Å². The zero-order valence-corrected chi connectivity index (χ0v) is 57.4. The van der Waals surface area contributed by atoms with E-state index < -0.39 is 35.5 Å². The van der Waals surface area contributed by atoms with Crippen molar-refractivity contribution in [1.29, 1.82) is 0 Å². The maximum absolute atomic E-state index is 11.6. The summed E-state index contributed by atoms with van der Waals surface area (Å²) in [6, 6.07) is 81.4. The quantitative estimate of drug-likeness (QED) is 0.141. The van der Waals surface area contributed by atoms with Gasteiger partial charge in [0.15, 0.2) is 10.8 Å². The van der Waals surface area contributed by atoms with Crippen molar-refractivity contribution in [3.63, 3.8) is 0 Å². The van der Waals surface area contributed by atoms with E-state index in [1.807, 2.05) is 187 Å². The van der Waals surface area contributed by atoms with Crippen LogP contribution in [0.1, 0.15) is 114 Å². The summed E-state index contributed by atoms with van der Waals surface area (Å²) in [6.45, 7) is 29.4. The molecule has 0 bridgehead atoms. The average Bonchev–Trinajstić information content (AvgIpc) is 1.07. The highest BCUT2D eigenvalue weighted by molar-refractivity contribution is 5.25. The largest absolute Gasteiger partial charge is 0.402 e. The molecule has 14 heteroatoms. The number of halogens is 12. The van der Waals surface area contributed by atoms with Crippen LogP contribution in [0.25, 0.3) is 0 Å². The highest BCUT2D eigenvalue weighted by Gasteiger charge is 2.65. The Hall–Kier alpha value is -7.16. The Labute approximate surface area is 535 Å². The molecule has 0 heterocycles. The molecule has 2 nitrogen and oxygen atoms in total. The van der Waals surface area contributed by atoms with Crippen LogP contribution in [-0.2, 0) is 9.47 Å². The third kappa shape index (κ3) is 54.9. The van der Waals surface area contributed by atoms with Gasteiger partial charge in [-0.3, -0.25) is 0 Å². The molecule has 8 aromatic rings. The third-order valence-corrected chi connectivity index (χ3v) is 11.2. The van der Waals surface area contributed by atoms with Crippen LogP contribution in [0.4, 0.5) is 52.7 Å². The highest BCUT2D eigenvalue weighted by Crippen LogP contribution is 2.50. The Morgan fingerprint density at radius 2 is 0.256 bits per heavy atom. The van der Waals surface area contributed by atoms with Gasteiger partial charge in [0, 0.05) is 28.4 Å². The number of hydrogen-bond donors (Lipinski definition) is 0. The second-order valence-electron chi connectivity index (χ2n) is 19.0. The van der Waals surface area contributed by atoms with E-state index in [1.54, 1.807) is 28.4 Å². The van der Waals surface area contributed by atoms with E-state index in [1.165, 1.54) is 44.5 Å². The molecule has 0 aliphatic carbocycles. The van der Waals surface area contributed by atoms with Gasteiger partial charge in [-0.2, -0.15) is 52.7 Å². The van der Waals surface area contributed by atoms with Crippen molar-refractivity contribution in [2.24, 2.45) is 10.8 Å². The number of hydrogen-bond acceptors (Lipinski definition) is 2. The smallest absolute Gasteiger partial charge is 0.388 e. The lowest BCUT2D eigenvalue weighted by molar-refractivity contribution is -0.328. The molecule has 0 amide bonds. The van der Waals surface area contributed by atoms with Crippen molar-refractivity contribution in [3.8, 4) is 0 Å². The molecule has 0 spiro atoms. The summed E-state index contributed by atoms with van der Waals surface area (Å²) in [5.41, 5.74) is 3.69. The van der Waals surface area contributed by atoms with Crippen LogP contribution in [0.2, 0.25) is 0 Å². The second-order valence-corrected chi connectivity index (χ2v) is 19.0. The summed E-state index contributed by atoms with van der Waals surface area (Å²) in [6.07, 6.45) is -21.0. The molecule has 90 heavy (non-hydrogen) atoms. The standard InChI is InChI=1S/4C8H10.4C6H6.2C5H6F6.2C2H6O.3C2H6/c4*1-7-5-3-4-6-8(7)2;4*1-2-4-6-5-3-1;2*1-3(2,4(6,7)8)5(9,10)11;2*1-3-2;3*1-2/h4*3-6H,1-2H3;4*1-6H;2*1-2H3;2*1-2H3;3*1-2H3. The Bertz CT molecular complexity index is 2130. The summed E-state index contributed by atoms with van der Waals surface area (Å²) in [5, 5.41) is 0. The fourth-order valence-electron chi connectivity index (χ4n) is 4.51. The summed E-state index contributed by atoms with van der Waals surface area (Å²) in [7, 11) is 6.50. The third-order valence-electron chi connectivity index (χ3n) is 11.2. The molecule has 0 saturated heterocycles. The lowest BCUT2D eigenvalue weighted by atomic mass is 9.92. The highest BCUT2D eigenvalue weighted by atomic mass is 19.4. The van der Waals surface area contributed by atoms with E-state index >= 15 is 0 Å². The van der Waals surface area contributed by atoms with Crippen molar-refractivity contribution >= 4 is 0 Å². The van der Waals surface area contributed by atoms with Gasteiger partial charge in [-0.05, 0) is 128 Å². The van der Waals surface area contributed by atoms with Crippen molar-refractivity contribution in [2.45, 2.75) is 149 Å². The predicted molar refractivity (Wildman–Crippen MR) is 361 cm³/mol. The van der Waals surface area contributed by atoms with E-state index in [2.05, 4.69) is 162 Å². The summed E-state index contributed by atoms with van der Waals surface area (Å²) in [4.78, 5) is 0. The zero-order chi connectivity index (χ0) is 71.3. The topological polar surface area (TPSA) is 18.5 Å². The Morgan fingerprint density at radius 3 is 0.289 bits per heavy atom. The van der Waals surface area contributed by atoms with Crippen molar-refractivity contribution in [2.75, 3.05) is 28.4 Å². The van der Waals surface area contributed by atoms with Crippen molar-refractivity contribution in [1.82, 2.24) is 0 Å². The second kappa shape index (κ2) is 59.5. The zero-order valence-electron chi connectivity index (χ0n) is 57.4. The molecule has 0 atom stereocenters. The van der Waals surface area contributed by atoms with Crippen LogP contribution in [0, 0.1) is 66.2 Å². The SMILES string of the molecule is CC.CC.CC.CC(C)(C(F)(F)F)C(F)(F)F.CC(C)(C(F)(F)F)C(F)(F)F.COC.COC.Cc1ccccc1C.Cc1ccccc1C.Cc1ccccc1C.Cc1ccccc1C.c1ccccc1.c1ccccc1.c1ccccc1.c1ccccc1. The molecule has 0 aliphatic heterocycles. The molecular weight excluding hydrogens is 1170 g/mol. The minimum absolute atomic E-state index is 0.104. The molecule has 0 radical (unpaired) electrons. The van der Waals surface area contributed by atoms with Crippen LogP contribution in [0.5, 0.6) is 0 Å². The first kappa shape index (κ1) is 96.5. The number of alkyl halides is 12. The van der Waals surface area contributed by atoms with E-state index in [-0.39, 0.29) is 27.7 Å². The summed E-state index contributed by atoms with van der Waals surface area (Å²) < 4.78 is 148. The molecule has 8 rings (SSSR count). The monoisotopic (exact) mass is 1280 g/mol. The first-order valence-electron chi connectivity index (χ1n) is 29.2. The Balaban J connectivity index is -0.000000168. The van der Waals surface area contributed by atoms with Crippen LogP contribution in [0.3, 0.4) is 0 Å². The molecule has 0 unspecified atom stereocenters.